The van der Waals surface area contributed by atoms with Gasteiger partial charge in [0, 0.05) is 18.0 Å². The van der Waals surface area contributed by atoms with E-state index in [4.69, 9.17) is 5.84 Å². The number of anilines is 2. The molecule has 0 bridgehead atoms. The normalized spacial score (nSPS) is 17.0. The van der Waals surface area contributed by atoms with Crippen molar-refractivity contribution in [1.29, 1.82) is 0 Å². The van der Waals surface area contributed by atoms with Crippen molar-refractivity contribution in [2.45, 2.75) is 25.8 Å². The Hall–Kier alpha value is -1.92. The molecule has 1 fully saturated rings. The highest BCUT2D eigenvalue weighted by Gasteiger charge is 2.18. The predicted octanol–water partition coefficient (Wildman–Crippen LogP) is 1.81. The van der Waals surface area contributed by atoms with Crippen LogP contribution in [0, 0.1) is 0 Å². The molecule has 1 aromatic heterocycles. The van der Waals surface area contributed by atoms with Crippen LogP contribution in [0.25, 0.3) is 10.9 Å². The fourth-order valence-electron chi connectivity index (χ4n) is 2.83. The van der Waals surface area contributed by atoms with E-state index in [2.05, 4.69) is 32.5 Å². The summed E-state index contributed by atoms with van der Waals surface area (Å²) in [6.45, 7) is 5.51. The van der Waals surface area contributed by atoms with Gasteiger partial charge in [0.1, 0.15) is 5.82 Å². The lowest BCUT2D eigenvalue weighted by atomic mass is 10.2. The zero-order chi connectivity index (χ0) is 14.7. The first-order valence-electron chi connectivity index (χ1n) is 7.49. The number of para-hydroxylation sites is 1. The fourth-order valence-corrected chi connectivity index (χ4v) is 2.83. The number of hydrazine groups is 1. The summed E-state index contributed by atoms with van der Waals surface area (Å²) in [6, 6.07) is 8.45. The Bertz CT molecular complexity index is 608. The van der Waals surface area contributed by atoms with Crippen LogP contribution in [0.5, 0.6) is 0 Å². The highest BCUT2D eigenvalue weighted by Crippen LogP contribution is 2.22. The molecule has 0 saturated carbocycles. The maximum absolute atomic E-state index is 5.45. The summed E-state index contributed by atoms with van der Waals surface area (Å²) in [4.78, 5) is 11.3. The van der Waals surface area contributed by atoms with Crippen molar-refractivity contribution in [2.24, 2.45) is 5.84 Å². The van der Waals surface area contributed by atoms with Crippen LogP contribution in [0.4, 0.5) is 11.8 Å². The van der Waals surface area contributed by atoms with Crippen molar-refractivity contribution in [3.05, 3.63) is 24.3 Å². The summed E-state index contributed by atoms with van der Waals surface area (Å²) >= 11 is 0. The molecule has 21 heavy (non-hydrogen) atoms. The van der Waals surface area contributed by atoms with Gasteiger partial charge in [0.15, 0.2) is 0 Å². The van der Waals surface area contributed by atoms with E-state index in [0.717, 1.165) is 23.3 Å². The molecule has 1 aliphatic rings. The van der Waals surface area contributed by atoms with Gasteiger partial charge in [-0.2, -0.15) is 4.98 Å². The van der Waals surface area contributed by atoms with Gasteiger partial charge in [-0.15, -0.1) is 0 Å². The largest absolute Gasteiger partial charge is 0.368 e. The standard InChI is InChI=1S/C15H22N6/c1-11(21-8-4-5-9-21)10-17-14-12-6-2-3-7-13(12)18-15(19-14)20-16/h2-3,6-7,11H,4-5,8-10,16H2,1H3,(H2,17,18,19,20). The van der Waals surface area contributed by atoms with E-state index < -0.39 is 0 Å². The van der Waals surface area contributed by atoms with Crippen LogP contribution in [0.15, 0.2) is 24.3 Å². The topological polar surface area (TPSA) is 79.1 Å². The van der Waals surface area contributed by atoms with Gasteiger partial charge in [-0.05, 0) is 45.0 Å². The molecule has 1 atom stereocenters. The second-order valence-electron chi connectivity index (χ2n) is 5.53. The summed E-state index contributed by atoms with van der Waals surface area (Å²) in [5, 5.41) is 4.47. The Balaban J connectivity index is 1.79. The third kappa shape index (κ3) is 3.06. The molecule has 1 aliphatic heterocycles. The summed E-state index contributed by atoms with van der Waals surface area (Å²) in [7, 11) is 0. The first kappa shape index (κ1) is 14.0. The number of likely N-dealkylation sites (tertiary alicyclic amines) is 1. The van der Waals surface area contributed by atoms with Crippen LogP contribution in [0.2, 0.25) is 0 Å². The number of rotatable bonds is 5. The lowest BCUT2D eigenvalue weighted by Gasteiger charge is -2.24. The molecule has 3 rings (SSSR count). The van der Waals surface area contributed by atoms with E-state index in [1.54, 1.807) is 0 Å². The van der Waals surface area contributed by atoms with Crippen LogP contribution >= 0.6 is 0 Å². The van der Waals surface area contributed by atoms with E-state index in [9.17, 15) is 0 Å². The molecule has 0 amide bonds. The van der Waals surface area contributed by atoms with Crippen LogP contribution in [0.1, 0.15) is 19.8 Å². The first-order valence-corrected chi connectivity index (χ1v) is 7.49. The van der Waals surface area contributed by atoms with E-state index in [1.807, 2.05) is 24.3 Å². The lowest BCUT2D eigenvalue weighted by molar-refractivity contribution is 0.269. The van der Waals surface area contributed by atoms with E-state index in [-0.39, 0.29) is 0 Å². The van der Waals surface area contributed by atoms with Gasteiger partial charge in [0.05, 0.1) is 5.52 Å². The van der Waals surface area contributed by atoms with E-state index >= 15 is 0 Å². The van der Waals surface area contributed by atoms with Crippen LogP contribution < -0.4 is 16.6 Å². The Morgan fingerprint density at radius 1 is 1.24 bits per heavy atom. The van der Waals surface area contributed by atoms with Gasteiger partial charge in [-0.25, -0.2) is 10.8 Å². The third-order valence-electron chi connectivity index (χ3n) is 4.06. The lowest BCUT2D eigenvalue weighted by Crippen LogP contribution is -2.35. The Kier molecular flexibility index (Phi) is 4.17. The van der Waals surface area contributed by atoms with Crippen molar-refractivity contribution in [1.82, 2.24) is 14.9 Å². The van der Waals surface area contributed by atoms with E-state index in [0.29, 0.717) is 12.0 Å². The molecule has 1 saturated heterocycles. The van der Waals surface area contributed by atoms with Gasteiger partial charge in [-0.1, -0.05) is 12.1 Å². The molecule has 112 valence electrons. The fraction of sp³-hybridized carbons (Fsp3) is 0.467. The van der Waals surface area contributed by atoms with Crippen molar-refractivity contribution in [3.8, 4) is 0 Å². The molecular weight excluding hydrogens is 264 g/mol. The van der Waals surface area contributed by atoms with E-state index in [1.165, 1.54) is 25.9 Å². The molecule has 0 radical (unpaired) electrons. The molecule has 1 unspecified atom stereocenters. The highest BCUT2D eigenvalue weighted by molar-refractivity contribution is 5.89. The Morgan fingerprint density at radius 2 is 2.00 bits per heavy atom. The minimum Gasteiger partial charge on any atom is -0.368 e. The maximum atomic E-state index is 5.45. The number of benzene rings is 1. The highest BCUT2D eigenvalue weighted by atomic mass is 15.3. The summed E-state index contributed by atoms with van der Waals surface area (Å²) in [6.07, 6.45) is 2.62. The quantitative estimate of drug-likeness (QED) is 0.575. The van der Waals surface area contributed by atoms with Crippen molar-refractivity contribution >= 4 is 22.7 Å². The zero-order valence-electron chi connectivity index (χ0n) is 12.3. The number of fused-ring (bicyclic) bond motifs is 1. The third-order valence-corrected chi connectivity index (χ3v) is 4.06. The number of aromatic nitrogens is 2. The average molecular weight is 286 g/mol. The van der Waals surface area contributed by atoms with Gasteiger partial charge in [-0.3, -0.25) is 10.3 Å². The molecule has 6 heteroatoms. The molecule has 0 spiro atoms. The SMILES string of the molecule is CC(CNc1nc(NN)nc2ccccc12)N1CCCC1. The number of nitrogen functional groups attached to an aromatic ring is 1. The average Bonchev–Trinajstić information content (AvgIpc) is 3.06. The molecule has 1 aromatic carbocycles. The molecular formula is C15H22N6. The van der Waals surface area contributed by atoms with Gasteiger partial charge in [0.2, 0.25) is 5.95 Å². The van der Waals surface area contributed by atoms with Crippen LogP contribution in [-0.2, 0) is 0 Å². The minimum absolute atomic E-state index is 0.435. The molecule has 2 heterocycles. The predicted molar refractivity (Wildman–Crippen MR) is 86.1 cm³/mol. The monoisotopic (exact) mass is 286 g/mol. The first-order chi connectivity index (χ1) is 10.3. The number of nitrogens with two attached hydrogens (primary N) is 1. The number of hydrogen-bond donors (Lipinski definition) is 3. The molecule has 6 nitrogen and oxygen atoms in total. The van der Waals surface area contributed by atoms with Crippen LogP contribution in [0.3, 0.4) is 0 Å². The Morgan fingerprint density at radius 3 is 2.76 bits per heavy atom. The number of nitrogens with zero attached hydrogens (tertiary/aromatic N) is 3. The van der Waals surface area contributed by atoms with Gasteiger partial charge >= 0.3 is 0 Å². The second-order valence-corrected chi connectivity index (χ2v) is 5.53. The smallest absolute Gasteiger partial charge is 0.239 e. The summed E-state index contributed by atoms with van der Waals surface area (Å²) < 4.78 is 0. The van der Waals surface area contributed by atoms with Crippen LogP contribution in [-0.4, -0.2) is 40.5 Å². The molecule has 2 aromatic rings. The van der Waals surface area contributed by atoms with Gasteiger partial charge in [0.25, 0.3) is 0 Å². The summed E-state index contributed by atoms with van der Waals surface area (Å²) in [5.41, 5.74) is 3.42. The van der Waals surface area contributed by atoms with Crippen molar-refractivity contribution in [2.75, 3.05) is 30.4 Å². The minimum atomic E-state index is 0.435. The number of hydrogen-bond acceptors (Lipinski definition) is 6. The number of nitrogens with one attached hydrogen (secondary N) is 2. The molecule has 4 N–H and O–H groups in total. The maximum Gasteiger partial charge on any atom is 0.239 e. The second kappa shape index (κ2) is 6.24. The Labute approximate surface area is 124 Å². The van der Waals surface area contributed by atoms with Crippen molar-refractivity contribution in [3.63, 3.8) is 0 Å². The molecule has 0 aliphatic carbocycles. The van der Waals surface area contributed by atoms with Gasteiger partial charge < -0.3 is 5.32 Å². The van der Waals surface area contributed by atoms with Crippen molar-refractivity contribution < 1.29 is 0 Å². The summed E-state index contributed by atoms with van der Waals surface area (Å²) in [5.74, 6) is 6.72. The zero-order valence-corrected chi connectivity index (χ0v) is 12.3.